The van der Waals surface area contributed by atoms with Gasteiger partial charge in [-0.2, -0.15) is 0 Å². The third-order valence-electron chi connectivity index (χ3n) is 3.52. The number of carbonyl (C=O) groups is 1. The average molecular weight is 276 g/mol. The highest BCUT2D eigenvalue weighted by molar-refractivity contribution is 5.82. The number of hydrogen-bond donors (Lipinski definition) is 1. The molecule has 1 N–H and O–H groups in total. The van der Waals surface area contributed by atoms with E-state index in [1.54, 1.807) is 0 Å². The number of nitrogens with zero attached hydrogens (tertiary/aromatic N) is 1. The van der Waals surface area contributed by atoms with Crippen LogP contribution in [0.4, 0.5) is 0 Å². The number of rotatable bonds is 5. The Labute approximate surface area is 121 Å². The van der Waals surface area contributed by atoms with Gasteiger partial charge in [0.05, 0.1) is 13.2 Å². The topological polar surface area (TPSA) is 41.6 Å². The van der Waals surface area contributed by atoms with Crippen LogP contribution in [0.5, 0.6) is 0 Å². The van der Waals surface area contributed by atoms with Gasteiger partial charge in [-0.05, 0) is 18.9 Å². The second kappa shape index (κ2) is 7.41. The zero-order valence-electron chi connectivity index (χ0n) is 12.4. The fourth-order valence-corrected chi connectivity index (χ4v) is 2.40. The van der Waals surface area contributed by atoms with E-state index in [0.29, 0.717) is 19.8 Å². The summed E-state index contributed by atoms with van der Waals surface area (Å²) in [6.45, 7) is 7.54. The predicted molar refractivity (Wildman–Crippen MR) is 79.5 cm³/mol. The van der Waals surface area contributed by atoms with Gasteiger partial charge in [-0.3, -0.25) is 4.79 Å². The fourth-order valence-electron chi connectivity index (χ4n) is 2.40. The Balaban J connectivity index is 2.01. The molecule has 2 rings (SSSR count). The molecule has 4 heteroatoms. The lowest BCUT2D eigenvalue weighted by Crippen LogP contribution is -2.52. The van der Waals surface area contributed by atoms with Gasteiger partial charge in [-0.1, -0.05) is 36.8 Å². The summed E-state index contributed by atoms with van der Waals surface area (Å²) in [5.74, 6) is 0.145. The first kappa shape index (κ1) is 15.0. The van der Waals surface area contributed by atoms with Gasteiger partial charge in [0.1, 0.15) is 6.04 Å². The van der Waals surface area contributed by atoms with Crippen LogP contribution < -0.4 is 5.32 Å². The van der Waals surface area contributed by atoms with E-state index < -0.39 is 0 Å². The number of amides is 1. The zero-order valence-corrected chi connectivity index (χ0v) is 12.4. The first-order chi connectivity index (χ1) is 9.70. The number of ether oxygens (including phenoxy) is 1. The Hall–Kier alpha value is -1.39. The van der Waals surface area contributed by atoms with Gasteiger partial charge in [0.15, 0.2) is 0 Å². The Kier molecular flexibility index (Phi) is 5.56. The van der Waals surface area contributed by atoms with Crippen LogP contribution in [0.1, 0.15) is 24.5 Å². The molecule has 1 amide bonds. The maximum Gasteiger partial charge on any atom is 0.242 e. The molecule has 110 valence electrons. The molecule has 20 heavy (non-hydrogen) atoms. The van der Waals surface area contributed by atoms with E-state index in [-0.39, 0.29) is 11.9 Å². The van der Waals surface area contributed by atoms with E-state index in [9.17, 15) is 4.79 Å². The molecule has 4 nitrogen and oxygen atoms in total. The number of carbonyl (C=O) groups excluding carboxylic acids is 1. The summed E-state index contributed by atoms with van der Waals surface area (Å²) in [6.07, 6.45) is 0.963. The summed E-state index contributed by atoms with van der Waals surface area (Å²) >= 11 is 0. The van der Waals surface area contributed by atoms with Crippen LogP contribution in [-0.2, 0) is 16.1 Å². The zero-order chi connectivity index (χ0) is 14.4. The lowest BCUT2D eigenvalue weighted by atomic mass is 10.1. The van der Waals surface area contributed by atoms with E-state index in [2.05, 4.69) is 43.4 Å². The molecule has 1 aliphatic rings. The Morgan fingerprint density at radius 1 is 1.40 bits per heavy atom. The highest BCUT2D eigenvalue weighted by Gasteiger charge is 2.25. The van der Waals surface area contributed by atoms with Crippen LogP contribution in [0.3, 0.4) is 0 Å². The first-order valence-corrected chi connectivity index (χ1v) is 7.36. The SMILES string of the molecule is CCCN(Cc1ccc(C)cc1)C(=O)C1COCCN1. The quantitative estimate of drug-likeness (QED) is 0.890. The van der Waals surface area contributed by atoms with E-state index in [0.717, 1.165) is 19.5 Å². The van der Waals surface area contributed by atoms with Crippen molar-refractivity contribution < 1.29 is 9.53 Å². The Morgan fingerprint density at radius 3 is 2.75 bits per heavy atom. The molecule has 0 radical (unpaired) electrons. The largest absolute Gasteiger partial charge is 0.378 e. The van der Waals surface area contributed by atoms with Gasteiger partial charge >= 0.3 is 0 Å². The summed E-state index contributed by atoms with van der Waals surface area (Å²) in [7, 11) is 0. The molecule has 1 unspecified atom stereocenters. The molecular formula is C16H24N2O2. The minimum Gasteiger partial charge on any atom is -0.378 e. The molecule has 0 bridgehead atoms. The van der Waals surface area contributed by atoms with Crippen LogP contribution >= 0.6 is 0 Å². The van der Waals surface area contributed by atoms with E-state index in [4.69, 9.17) is 4.74 Å². The highest BCUT2D eigenvalue weighted by atomic mass is 16.5. The molecule has 1 aliphatic heterocycles. The third-order valence-corrected chi connectivity index (χ3v) is 3.52. The van der Waals surface area contributed by atoms with Gasteiger partial charge in [-0.15, -0.1) is 0 Å². The number of aryl methyl sites for hydroxylation is 1. The van der Waals surface area contributed by atoms with E-state index in [1.807, 2.05) is 4.90 Å². The molecule has 1 saturated heterocycles. The van der Waals surface area contributed by atoms with Gasteiger partial charge in [-0.25, -0.2) is 0 Å². The van der Waals surface area contributed by atoms with Gasteiger partial charge < -0.3 is 15.0 Å². The van der Waals surface area contributed by atoms with Gasteiger partial charge in [0.25, 0.3) is 0 Å². The van der Waals surface area contributed by atoms with Crippen LogP contribution in [0.2, 0.25) is 0 Å². The van der Waals surface area contributed by atoms with Crippen molar-refractivity contribution in [3.63, 3.8) is 0 Å². The smallest absolute Gasteiger partial charge is 0.242 e. The van der Waals surface area contributed by atoms with Crippen molar-refractivity contribution in [2.75, 3.05) is 26.3 Å². The molecule has 1 atom stereocenters. The van der Waals surface area contributed by atoms with Crippen LogP contribution in [0.15, 0.2) is 24.3 Å². The lowest BCUT2D eigenvalue weighted by Gasteiger charge is -2.30. The van der Waals surface area contributed by atoms with Crippen LogP contribution in [-0.4, -0.2) is 43.2 Å². The Morgan fingerprint density at radius 2 is 2.15 bits per heavy atom. The molecule has 1 fully saturated rings. The van der Waals surface area contributed by atoms with Gasteiger partial charge in [0, 0.05) is 19.6 Å². The van der Waals surface area contributed by atoms with E-state index in [1.165, 1.54) is 11.1 Å². The van der Waals surface area contributed by atoms with Crippen molar-refractivity contribution in [2.45, 2.75) is 32.9 Å². The molecule has 0 aromatic heterocycles. The van der Waals surface area contributed by atoms with E-state index >= 15 is 0 Å². The number of nitrogens with one attached hydrogen (secondary N) is 1. The maximum atomic E-state index is 12.5. The molecule has 0 aliphatic carbocycles. The molecule has 1 heterocycles. The van der Waals surface area contributed by atoms with Crippen molar-refractivity contribution in [3.8, 4) is 0 Å². The summed E-state index contributed by atoms with van der Waals surface area (Å²) in [5.41, 5.74) is 2.42. The maximum absolute atomic E-state index is 12.5. The average Bonchev–Trinajstić information content (AvgIpc) is 2.49. The molecule has 0 saturated carbocycles. The lowest BCUT2D eigenvalue weighted by molar-refractivity contribution is -0.137. The van der Waals surface area contributed by atoms with Crippen molar-refractivity contribution in [2.24, 2.45) is 0 Å². The normalized spacial score (nSPS) is 18.8. The molecule has 1 aromatic rings. The summed E-state index contributed by atoms with van der Waals surface area (Å²) < 4.78 is 5.39. The number of benzene rings is 1. The Bertz CT molecular complexity index is 425. The number of morpholine rings is 1. The highest BCUT2D eigenvalue weighted by Crippen LogP contribution is 2.10. The second-order valence-corrected chi connectivity index (χ2v) is 5.33. The van der Waals surface area contributed by atoms with Gasteiger partial charge in [0.2, 0.25) is 5.91 Å². The van der Waals surface area contributed by atoms with Crippen molar-refractivity contribution in [3.05, 3.63) is 35.4 Å². The summed E-state index contributed by atoms with van der Waals surface area (Å²) in [5, 5.41) is 3.24. The fraction of sp³-hybridized carbons (Fsp3) is 0.562. The van der Waals surface area contributed by atoms with Crippen molar-refractivity contribution >= 4 is 5.91 Å². The summed E-state index contributed by atoms with van der Waals surface area (Å²) in [6, 6.07) is 8.17. The molecule has 0 spiro atoms. The second-order valence-electron chi connectivity index (χ2n) is 5.33. The first-order valence-electron chi connectivity index (χ1n) is 7.36. The monoisotopic (exact) mass is 276 g/mol. The molecule has 1 aromatic carbocycles. The van der Waals surface area contributed by atoms with Crippen LogP contribution in [0.25, 0.3) is 0 Å². The van der Waals surface area contributed by atoms with Crippen molar-refractivity contribution in [1.29, 1.82) is 0 Å². The van der Waals surface area contributed by atoms with Crippen molar-refractivity contribution in [1.82, 2.24) is 10.2 Å². The van der Waals surface area contributed by atoms with Crippen LogP contribution in [0, 0.1) is 6.92 Å². The minimum absolute atomic E-state index is 0.145. The minimum atomic E-state index is -0.194. The summed E-state index contributed by atoms with van der Waals surface area (Å²) in [4.78, 5) is 14.5. The molecular weight excluding hydrogens is 252 g/mol. The number of hydrogen-bond acceptors (Lipinski definition) is 3. The predicted octanol–water partition coefficient (Wildman–Crippen LogP) is 1.72. The third kappa shape index (κ3) is 4.05. The standard InChI is InChI=1S/C16H24N2O2/c1-3-9-18(11-14-6-4-13(2)5-7-14)16(19)15-12-20-10-8-17-15/h4-7,15,17H,3,8-12H2,1-2H3.